The van der Waals surface area contributed by atoms with E-state index >= 15 is 0 Å². The van der Waals surface area contributed by atoms with Gasteiger partial charge in [0.25, 0.3) is 5.91 Å². The number of anilines is 1. The van der Waals surface area contributed by atoms with Crippen LogP contribution in [-0.2, 0) is 21.5 Å². The number of urea groups is 1. The molecular weight excluding hydrogens is 337 g/mol. The number of aryl methyl sites for hydroxylation is 1. The van der Waals surface area contributed by atoms with Crippen LogP contribution >= 0.6 is 0 Å². The van der Waals surface area contributed by atoms with Crippen LogP contribution in [0.4, 0.5) is 14.9 Å². The van der Waals surface area contributed by atoms with Crippen molar-refractivity contribution in [3.05, 3.63) is 65.5 Å². The molecule has 0 radical (unpaired) electrons. The molecule has 2 aromatic carbocycles. The molecule has 1 spiro atoms. The summed E-state index contributed by atoms with van der Waals surface area (Å²) < 4.78 is 13.2. The van der Waals surface area contributed by atoms with Crippen LogP contribution < -0.4 is 10.6 Å². The second-order valence-corrected chi connectivity index (χ2v) is 6.44. The largest absolute Gasteiger partial charge is 0.325 e. The van der Waals surface area contributed by atoms with Crippen molar-refractivity contribution in [1.29, 1.82) is 0 Å². The zero-order valence-corrected chi connectivity index (χ0v) is 13.8. The molecule has 1 fully saturated rings. The summed E-state index contributed by atoms with van der Waals surface area (Å²) in [5.74, 6) is -1.48. The van der Waals surface area contributed by atoms with Crippen LogP contribution in [0.15, 0.2) is 48.5 Å². The molecular formula is C19H16FN3O3. The molecule has 2 aliphatic rings. The van der Waals surface area contributed by atoms with Gasteiger partial charge >= 0.3 is 6.03 Å². The average Bonchev–Trinajstić information content (AvgIpc) is 3.09. The number of carbonyl (C=O) groups excluding carboxylic acids is 3. The van der Waals surface area contributed by atoms with E-state index in [2.05, 4.69) is 10.6 Å². The van der Waals surface area contributed by atoms with Crippen LogP contribution in [0.25, 0.3) is 0 Å². The fraction of sp³-hybridized carbons (Fsp3) is 0.211. The van der Waals surface area contributed by atoms with Crippen molar-refractivity contribution < 1.29 is 18.8 Å². The molecule has 4 rings (SSSR count). The highest BCUT2D eigenvalue weighted by molar-refractivity contribution is 6.10. The lowest BCUT2D eigenvalue weighted by molar-refractivity contribution is -0.134. The second-order valence-electron chi connectivity index (χ2n) is 6.44. The fourth-order valence-electron chi connectivity index (χ4n) is 3.64. The molecule has 7 heteroatoms. The Balaban J connectivity index is 1.53. The van der Waals surface area contributed by atoms with Crippen LogP contribution in [-0.4, -0.2) is 29.3 Å². The average molecular weight is 353 g/mol. The summed E-state index contributed by atoms with van der Waals surface area (Å²) in [5.41, 5.74) is 0.980. The quantitative estimate of drug-likeness (QED) is 0.830. The van der Waals surface area contributed by atoms with E-state index in [0.717, 1.165) is 16.0 Å². The number of amides is 4. The summed E-state index contributed by atoms with van der Waals surface area (Å²) in [6.45, 7) is -0.425. The van der Waals surface area contributed by atoms with Gasteiger partial charge in [0.15, 0.2) is 0 Å². The molecule has 132 valence electrons. The van der Waals surface area contributed by atoms with Crippen molar-refractivity contribution in [1.82, 2.24) is 10.2 Å². The van der Waals surface area contributed by atoms with E-state index in [9.17, 15) is 18.8 Å². The van der Waals surface area contributed by atoms with E-state index in [-0.39, 0.29) is 5.69 Å². The lowest BCUT2D eigenvalue weighted by Gasteiger charge is -2.22. The zero-order valence-electron chi connectivity index (χ0n) is 13.8. The maximum Gasteiger partial charge on any atom is 0.325 e. The van der Waals surface area contributed by atoms with Gasteiger partial charge in [-0.05, 0) is 42.2 Å². The van der Waals surface area contributed by atoms with Gasteiger partial charge in [-0.1, -0.05) is 30.3 Å². The van der Waals surface area contributed by atoms with Crippen molar-refractivity contribution in [2.24, 2.45) is 0 Å². The third-order valence-electron chi connectivity index (χ3n) is 4.83. The third kappa shape index (κ3) is 2.52. The predicted molar refractivity (Wildman–Crippen MR) is 91.7 cm³/mol. The minimum absolute atomic E-state index is 0.267. The van der Waals surface area contributed by atoms with E-state index in [1.54, 1.807) is 0 Å². The lowest BCUT2D eigenvalue weighted by Crippen LogP contribution is -2.43. The number of nitrogens with zero attached hydrogens (tertiary/aromatic N) is 1. The van der Waals surface area contributed by atoms with Gasteiger partial charge in [0.05, 0.1) is 0 Å². The Morgan fingerprint density at radius 3 is 2.81 bits per heavy atom. The van der Waals surface area contributed by atoms with E-state index in [1.165, 1.54) is 24.3 Å². The number of rotatable bonds is 3. The monoisotopic (exact) mass is 353 g/mol. The van der Waals surface area contributed by atoms with Crippen molar-refractivity contribution in [3.63, 3.8) is 0 Å². The molecule has 1 saturated heterocycles. The first-order chi connectivity index (χ1) is 12.5. The van der Waals surface area contributed by atoms with Crippen LogP contribution in [0.1, 0.15) is 17.5 Å². The number of hydrogen-bond acceptors (Lipinski definition) is 3. The minimum atomic E-state index is -1.09. The molecule has 6 nitrogen and oxygen atoms in total. The number of benzene rings is 2. The van der Waals surface area contributed by atoms with E-state index in [4.69, 9.17) is 0 Å². The number of carbonyl (C=O) groups is 3. The summed E-state index contributed by atoms with van der Waals surface area (Å²) in [4.78, 5) is 38.4. The van der Waals surface area contributed by atoms with Gasteiger partial charge in [0.2, 0.25) is 5.91 Å². The first-order valence-corrected chi connectivity index (χ1v) is 8.27. The second kappa shape index (κ2) is 5.94. The van der Waals surface area contributed by atoms with Crippen LogP contribution in [0.2, 0.25) is 0 Å². The Labute approximate surface area is 149 Å². The molecule has 2 aromatic rings. The third-order valence-corrected chi connectivity index (χ3v) is 4.83. The van der Waals surface area contributed by atoms with Gasteiger partial charge in [-0.25, -0.2) is 9.18 Å². The molecule has 0 saturated carbocycles. The van der Waals surface area contributed by atoms with Gasteiger partial charge in [0.1, 0.15) is 17.9 Å². The van der Waals surface area contributed by atoms with Crippen LogP contribution in [0, 0.1) is 5.82 Å². The summed E-state index contributed by atoms with van der Waals surface area (Å²) in [7, 11) is 0. The highest BCUT2D eigenvalue weighted by Gasteiger charge is 2.55. The predicted octanol–water partition coefficient (Wildman–Crippen LogP) is 2.16. The molecule has 1 atom stereocenters. The fourth-order valence-corrected chi connectivity index (χ4v) is 3.64. The lowest BCUT2D eigenvalue weighted by atomic mass is 9.92. The molecule has 1 heterocycles. The van der Waals surface area contributed by atoms with Gasteiger partial charge in [-0.15, -0.1) is 0 Å². The van der Waals surface area contributed by atoms with Gasteiger partial charge in [-0.3, -0.25) is 14.5 Å². The Morgan fingerprint density at radius 1 is 1.19 bits per heavy atom. The smallest absolute Gasteiger partial charge is 0.324 e. The van der Waals surface area contributed by atoms with Crippen molar-refractivity contribution in [2.75, 3.05) is 11.9 Å². The maximum atomic E-state index is 13.2. The Morgan fingerprint density at radius 2 is 2.00 bits per heavy atom. The van der Waals surface area contributed by atoms with Gasteiger partial charge < -0.3 is 10.6 Å². The zero-order chi connectivity index (χ0) is 18.3. The molecule has 0 unspecified atom stereocenters. The summed E-state index contributed by atoms with van der Waals surface area (Å²) in [6.07, 6.45) is 1.16. The summed E-state index contributed by atoms with van der Waals surface area (Å²) >= 11 is 0. The minimum Gasteiger partial charge on any atom is -0.324 e. The maximum absolute atomic E-state index is 13.2. The van der Waals surface area contributed by atoms with E-state index in [1.807, 2.05) is 24.3 Å². The highest BCUT2D eigenvalue weighted by atomic mass is 19.1. The first kappa shape index (κ1) is 16.3. The summed E-state index contributed by atoms with van der Waals surface area (Å²) in [6, 6.07) is 12.3. The molecule has 1 aliphatic heterocycles. The SMILES string of the molecule is O=C(CN1C(=O)N[C@]2(CCc3ccccc32)C1=O)Nc1cccc(F)c1. The van der Waals surface area contributed by atoms with E-state index in [0.29, 0.717) is 12.8 Å². The highest BCUT2D eigenvalue weighted by Crippen LogP contribution is 2.41. The molecule has 2 N–H and O–H groups in total. The molecule has 4 amide bonds. The molecule has 0 aromatic heterocycles. The van der Waals surface area contributed by atoms with Crippen molar-refractivity contribution >= 4 is 23.5 Å². The molecule has 26 heavy (non-hydrogen) atoms. The number of hydrogen-bond donors (Lipinski definition) is 2. The van der Waals surface area contributed by atoms with Crippen molar-refractivity contribution in [3.8, 4) is 0 Å². The summed E-state index contributed by atoms with van der Waals surface area (Å²) in [5, 5.41) is 5.26. The topological polar surface area (TPSA) is 78.5 Å². The van der Waals surface area contributed by atoms with Gasteiger partial charge in [-0.2, -0.15) is 0 Å². The molecule has 0 bridgehead atoms. The molecule has 1 aliphatic carbocycles. The number of imide groups is 1. The van der Waals surface area contributed by atoms with Crippen LogP contribution in [0.5, 0.6) is 0 Å². The number of halogens is 1. The Bertz CT molecular complexity index is 930. The Kier molecular flexibility index (Phi) is 3.72. The standard InChI is InChI=1S/C19H16FN3O3/c20-13-5-3-6-14(10-13)21-16(24)11-23-17(25)19(22-18(23)26)9-8-12-4-1-2-7-15(12)19/h1-7,10H,8-9,11H2,(H,21,24)(H,22,26)/t19-/m0/s1. The number of nitrogens with one attached hydrogen (secondary N) is 2. The van der Waals surface area contributed by atoms with E-state index < -0.39 is 35.7 Å². The Hall–Kier alpha value is -3.22. The number of fused-ring (bicyclic) bond motifs is 2. The van der Waals surface area contributed by atoms with Crippen LogP contribution in [0.3, 0.4) is 0 Å². The van der Waals surface area contributed by atoms with Gasteiger partial charge in [0, 0.05) is 5.69 Å². The first-order valence-electron chi connectivity index (χ1n) is 8.27. The normalized spacial score (nSPS) is 21.0. The van der Waals surface area contributed by atoms with Crippen molar-refractivity contribution in [2.45, 2.75) is 18.4 Å².